The molecule has 1 aliphatic rings. The van der Waals surface area contributed by atoms with Gasteiger partial charge in [-0.25, -0.2) is 9.59 Å². The van der Waals surface area contributed by atoms with Crippen molar-refractivity contribution in [3.8, 4) is 11.5 Å². The van der Waals surface area contributed by atoms with Gasteiger partial charge in [-0.15, -0.1) is 11.3 Å². The number of esters is 1. The van der Waals surface area contributed by atoms with E-state index in [0.29, 0.717) is 33.2 Å². The average molecular weight is 435 g/mol. The number of aliphatic hydroxyl groups is 1. The van der Waals surface area contributed by atoms with Crippen molar-refractivity contribution in [1.82, 2.24) is 4.90 Å². The molecule has 2 aromatic rings. The molecule has 9 heteroatoms. The Morgan fingerprint density at radius 3 is 2.53 bits per heavy atom. The molecule has 0 fully saturated rings. The summed E-state index contributed by atoms with van der Waals surface area (Å²) in [6.07, 6.45) is -0.930. The molecule has 0 saturated carbocycles. The van der Waals surface area contributed by atoms with E-state index in [1.54, 1.807) is 19.1 Å². The summed E-state index contributed by atoms with van der Waals surface area (Å²) in [5, 5.41) is 14.0. The van der Waals surface area contributed by atoms with E-state index in [4.69, 9.17) is 14.2 Å². The van der Waals surface area contributed by atoms with Crippen LogP contribution in [0.15, 0.2) is 12.1 Å². The normalized spacial score (nSPS) is 15.4. The fourth-order valence-electron chi connectivity index (χ4n) is 3.57. The van der Waals surface area contributed by atoms with Crippen molar-refractivity contribution in [2.75, 3.05) is 32.7 Å². The van der Waals surface area contributed by atoms with E-state index in [2.05, 4.69) is 5.32 Å². The number of carbonyl (C=O) groups is 2. The van der Waals surface area contributed by atoms with Crippen LogP contribution in [0.5, 0.6) is 11.5 Å². The van der Waals surface area contributed by atoms with E-state index in [9.17, 15) is 14.7 Å². The Morgan fingerprint density at radius 2 is 1.90 bits per heavy atom. The van der Waals surface area contributed by atoms with Gasteiger partial charge in [0, 0.05) is 16.0 Å². The Labute approximate surface area is 179 Å². The maximum atomic E-state index is 13.0. The van der Waals surface area contributed by atoms with Crippen LogP contribution in [0.2, 0.25) is 0 Å². The summed E-state index contributed by atoms with van der Waals surface area (Å²) in [5.74, 6) is 0.648. The Kier molecular flexibility index (Phi) is 6.52. The maximum absolute atomic E-state index is 13.0. The Hall–Kier alpha value is -2.78. The third kappa shape index (κ3) is 3.95. The highest BCUT2D eigenvalue weighted by Gasteiger charge is 2.33. The highest BCUT2D eigenvalue weighted by atomic mass is 32.1. The Bertz CT molecular complexity index is 971. The van der Waals surface area contributed by atoms with Crippen molar-refractivity contribution >= 4 is 28.3 Å². The molecule has 1 aliphatic heterocycles. The first-order chi connectivity index (χ1) is 14.3. The monoisotopic (exact) mass is 434 g/mol. The first-order valence-electron chi connectivity index (χ1n) is 9.57. The van der Waals surface area contributed by atoms with Crippen LogP contribution in [0, 0.1) is 13.8 Å². The van der Waals surface area contributed by atoms with Crippen molar-refractivity contribution in [2.45, 2.75) is 33.4 Å². The van der Waals surface area contributed by atoms with Gasteiger partial charge in [-0.05, 0) is 38.5 Å². The second-order valence-electron chi connectivity index (χ2n) is 6.90. The van der Waals surface area contributed by atoms with Crippen molar-refractivity contribution in [1.29, 1.82) is 0 Å². The van der Waals surface area contributed by atoms with Crippen LogP contribution in [0.25, 0.3) is 0 Å². The Morgan fingerprint density at radius 1 is 1.23 bits per heavy atom. The van der Waals surface area contributed by atoms with Gasteiger partial charge in [-0.1, -0.05) is 0 Å². The third-order valence-corrected chi connectivity index (χ3v) is 6.28. The van der Waals surface area contributed by atoms with Crippen LogP contribution < -0.4 is 14.8 Å². The first kappa shape index (κ1) is 21.9. The smallest absolute Gasteiger partial charge is 0.341 e. The lowest BCUT2D eigenvalue weighted by Gasteiger charge is -2.33. The van der Waals surface area contributed by atoms with Crippen molar-refractivity contribution in [2.24, 2.45) is 0 Å². The number of β-amino-alcohol motifs (C(OH)–C–C–N with tert-alkyl or cyclic N) is 1. The lowest BCUT2D eigenvalue weighted by Crippen LogP contribution is -2.41. The van der Waals surface area contributed by atoms with Gasteiger partial charge in [0.05, 0.1) is 39.5 Å². The van der Waals surface area contributed by atoms with Gasteiger partial charge >= 0.3 is 12.0 Å². The second kappa shape index (κ2) is 8.93. The fourth-order valence-corrected chi connectivity index (χ4v) is 4.61. The summed E-state index contributed by atoms with van der Waals surface area (Å²) >= 11 is 1.32. The number of aliphatic hydroxyl groups excluding tert-OH is 1. The molecule has 1 aromatic carbocycles. The van der Waals surface area contributed by atoms with Crippen molar-refractivity contribution < 1.29 is 28.9 Å². The molecule has 1 atom stereocenters. The number of fused-ring (bicyclic) bond motifs is 1. The molecule has 0 radical (unpaired) electrons. The van der Waals surface area contributed by atoms with Gasteiger partial charge in [0.1, 0.15) is 22.6 Å². The zero-order chi connectivity index (χ0) is 22.0. The number of nitrogens with one attached hydrogen (secondary N) is 1. The molecule has 8 nitrogen and oxygen atoms in total. The summed E-state index contributed by atoms with van der Waals surface area (Å²) in [6, 6.07) is 3.06. The predicted octanol–water partition coefficient (Wildman–Crippen LogP) is 3.64. The zero-order valence-corrected chi connectivity index (χ0v) is 18.5. The standard InChI is InChI=1S/C21H26N2O6S/c1-6-29-20(25)17-11(2)12(3)30-19(17)22-21(26)23-9-13-15(27-4)7-8-16(28-5)18(13)14(24)10-23/h7-8,14,24H,6,9-10H2,1-5H3,(H,22,26). The van der Waals surface area contributed by atoms with Crippen molar-refractivity contribution in [3.63, 3.8) is 0 Å². The summed E-state index contributed by atoms with van der Waals surface area (Å²) < 4.78 is 15.9. The second-order valence-corrected chi connectivity index (χ2v) is 8.12. The van der Waals surface area contributed by atoms with E-state index in [0.717, 1.165) is 10.4 Å². The zero-order valence-electron chi connectivity index (χ0n) is 17.7. The fraction of sp³-hybridized carbons (Fsp3) is 0.429. The van der Waals surface area contributed by atoms with E-state index < -0.39 is 18.1 Å². The number of anilines is 1. The molecule has 0 bridgehead atoms. The molecule has 3 rings (SSSR count). The summed E-state index contributed by atoms with van der Waals surface area (Å²) in [5.41, 5.74) is 2.46. The minimum absolute atomic E-state index is 0.0838. The molecule has 1 aromatic heterocycles. The number of urea groups is 1. The summed E-state index contributed by atoms with van der Waals surface area (Å²) in [6.45, 7) is 6.01. The van der Waals surface area contributed by atoms with Gasteiger partial charge in [0.15, 0.2) is 0 Å². The lowest BCUT2D eigenvalue weighted by atomic mass is 9.95. The van der Waals surface area contributed by atoms with Crippen LogP contribution in [0.4, 0.5) is 9.80 Å². The number of methoxy groups -OCH3 is 2. The highest BCUT2D eigenvalue weighted by molar-refractivity contribution is 7.16. The largest absolute Gasteiger partial charge is 0.496 e. The molecule has 0 saturated heterocycles. The SMILES string of the molecule is CCOC(=O)c1c(NC(=O)N2Cc3c(OC)ccc(OC)c3C(O)C2)sc(C)c1C. The number of thiophene rings is 1. The molecule has 0 aliphatic carbocycles. The Balaban J connectivity index is 1.89. The third-order valence-electron chi connectivity index (χ3n) is 5.16. The van der Waals surface area contributed by atoms with Gasteiger partial charge in [0.25, 0.3) is 0 Å². The molecular formula is C21H26N2O6S. The molecule has 2 N–H and O–H groups in total. The van der Waals surface area contributed by atoms with E-state index in [1.165, 1.54) is 30.5 Å². The van der Waals surface area contributed by atoms with Crippen LogP contribution in [0.3, 0.4) is 0 Å². The topological polar surface area (TPSA) is 97.3 Å². The van der Waals surface area contributed by atoms with Crippen molar-refractivity contribution in [3.05, 3.63) is 39.3 Å². The number of aryl methyl sites for hydroxylation is 1. The molecule has 30 heavy (non-hydrogen) atoms. The number of benzene rings is 1. The molecular weight excluding hydrogens is 408 g/mol. The van der Waals surface area contributed by atoms with Gasteiger partial charge < -0.3 is 24.2 Å². The van der Waals surface area contributed by atoms with Gasteiger partial charge in [0.2, 0.25) is 0 Å². The number of hydrogen-bond donors (Lipinski definition) is 2. The van der Waals surface area contributed by atoms with Gasteiger partial charge in [-0.2, -0.15) is 0 Å². The number of amides is 2. The number of rotatable bonds is 5. The number of hydrogen-bond acceptors (Lipinski definition) is 7. The van der Waals surface area contributed by atoms with Crippen LogP contribution in [-0.2, 0) is 11.3 Å². The summed E-state index contributed by atoms with van der Waals surface area (Å²) in [7, 11) is 3.07. The molecule has 1 unspecified atom stereocenters. The highest BCUT2D eigenvalue weighted by Crippen LogP contribution is 2.40. The molecule has 0 spiro atoms. The predicted molar refractivity (Wildman–Crippen MR) is 114 cm³/mol. The van der Waals surface area contributed by atoms with Crippen LogP contribution >= 0.6 is 11.3 Å². The number of nitrogens with zero attached hydrogens (tertiary/aromatic N) is 1. The van der Waals surface area contributed by atoms with Crippen LogP contribution in [0.1, 0.15) is 45.0 Å². The van der Waals surface area contributed by atoms with E-state index in [-0.39, 0.29) is 19.7 Å². The van der Waals surface area contributed by atoms with E-state index in [1.807, 2.05) is 13.8 Å². The molecule has 2 amide bonds. The average Bonchev–Trinajstić information content (AvgIpc) is 3.00. The quantitative estimate of drug-likeness (QED) is 0.698. The van der Waals surface area contributed by atoms with Gasteiger partial charge in [-0.3, -0.25) is 5.32 Å². The molecule has 162 valence electrons. The first-order valence-corrected chi connectivity index (χ1v) is 10.4. The maximum Gasteiger partial charge on any atom is 0.341 e. The summed E-state index contributed by atoms with van der Waals surface area (Å²) in [4.78, 5) is 27.8. The van der Waals surface area contributed by atoms with Crippen LogP contribution in [-0.4, -0.2) is 49.4 Å². The minimum atomic E-state index is -0.930. The minimum Gasteiger partial charge on any atom is -0.496 e. The molecule has 2 heterocycles. The van der Waals surface area contributed by atoms with E-state index >= 15 is 0 Å². The number of carbonyl (C=O) groups excluding carboxylic acids is 2. The number of ether oxygens (including phenoxy) is 3. The lowest BCUT2D eigenvalue weighted by molar-refractivity contribution is 0.0527.